The molecule has 0 spiro atoms. The van der Waals surface area contributed by atoms with E-state index in [-0.39, 0.29) is 11.8 Å². The predicted octanol–water partition coefficient (Wildman–Crippen LogP) is 0.833. The number of carbonyl (C=O) groups excluding carboxylic acids is 2. The standard InChI is InChI=1S/C9H16NO3P/c1-4-13-9(12)6(2)5-8(11)7(3)10-14/h5,7,10H,4,14H2,1-3H3/b6-5-/t7-/m0/s1. The third-order valence-corrected chi connectivity index (χ3v) is 2.13. The first-order valence-electron chi connectivity index (χ1n) is 4.38. The lowest BCUT2D eigenvalue weighted by atomic mass is 10.1. The van der Waals surface area contributed by atoms with Gasteiger partial charge in [0, 0.05) is 5.57 Å². The highest BCUT2D eigenvalue weighted by Gasteiger charge is 2.11. The minimum Gasteiger partial charge on any atom is -0.463 e. The van der Waals surface area contributed by atoms with Crippen molar-refractivity contribution in [1.29, 1.82) is 0 Å². The van der Waals surface area contributed by atoms with Crippen molar-refractivity contribution < 1.29 is 14.3 Å². The van der Waals surface area contributed by atoms with E-state index in [0.717, 1.165) is 0 Å². The Morgan fingerprint density at radius 1 is 1.57 bits per heavy atom. The zero-order chi connectivity index (χ0) is 11.1. The molecule has 0 aliphatic carbocycles. The lowest BCUT2D eigenvalue weighted by Crippen LogP contribution is -2.25. The van der Waals surface area contributed by atoms with Gasteiger partial charge in [-0.2, -0.15) is 0 Å². The van der Waals surface area contributed by atoms with Crippen LogP contribution in [-0.2, 0) is 14.3 Å². The highest BCUT2D eigenvalue weighted by Crippen LogP contribution is 1.99. The molecule has 0 rings (SSSR count). The molecule has 0 fully saturated rings. The summed E-state index contributed by atoms with van der Waals surface area (Å²) in [6, 6.07) is -0.315. The lowest BCUT2D eigenvalue weighted by molar-refractivity contribution is -0.138. The fraction of sp³-hybridized carbons (Fsp3) is 0.556. The second kappa shape index (κ2) is 6.68. The Balaban J connectivity index is 4.36. The summed E-state index contributed by atoms with van der Waals surface area (Å²) in [4.78, 5) is 22.5. The van der Waals surface area contributed by atoms with Crippen LogP contribution in [0.4, 0.5) is 0 Å². The van der Waals surface area contributed by atoms with E-state index in [4.69, 9.17) is 4.74 Å². The SMILES string of the molecule is CCOC(=O)/C(C)=C\C(=O)[C@H](C)NP. The van der Waals surface area contributed by atoms with Crippen molar-refractivity contribution >= 4 is 21.1 Å². The Morgan fingerprint density at radius 2 is 2.14 bits per heavy atom. The fourth-order valence-corrected chi connectivity index (χ4v) is 0.889. The Hall–Kier alpha value is -0.730. The Kier molecular flexibility index (Phi) is 6.34. The highest BCUT2D eigenvalue weighted by molar-refractivity contribution is 7.13. The molecule has 0 saturated heterocycles. The molecule has 0 bridgehead atoms. The maximum absolute atomic E-state index is 11.3. The average Bonchev–Trinajstić information content (AvgIpc) is 2.16. The number of carbonyl (C=O) groups is 2. The minimum atomic E-state index is -0.447. The molecule has 0 heterocycles. The molecule has 4 nitrogen and oxygen atoms in total. The van der Waals surface area contributed by atoms with Crippen molar-refractivity contribution in [3.05, 3.63) is 11.6 Å². The van der Waals surface area contributed by atoms with Crippen LogP contribution >= 0.6 is 9.39 Å². The van der Waals surface area contributed by atoms with Crippen LogP contribution in [0.2, 0.25) is 0 Å². The van der Waals surface area contributed by atoms with Gasteiger partial charge >= 0.3 is 5.97 Å². The van der Waals surface area contributed by atoms with Gasteiger partial charge in [0.05, 0.1) is 12.6 Å². The molecule has 5 heteroatoms. The van der Waals surface area contributed by atoms with E-state index in [0.29, 0.717) is 12.2 Å². The maximum atomic E-state index is 11.3. The number of ketones is 1. The molecule has 2 atom stereocenters. The lowest BCUT2D eigenvalue weighted by Gasteiger charge is -2.06. The number of nitrogens with one attached hydrogen (secondary N) is 1. The summed E-state index contributed by atoms with van der Waals surface area (Å²) < 4.78 is 4.73. The van der Waals surface area contributed by atoms with Gasteiger partial charge < -0.3 is 4.74 Å². The van der Waals surface area contributed by atoms with Gasteiger partial charge in [-0.15, -0.1) is 0 Å². The number of hydrogen-bond acceptors (Lipinski definition) is 4. The molecule has 0 amide bonds. The molecule has 1 N–H and O–H groups in total. The fourth-order valence-electron chi connectivity index (χ4n) is 0.724. The topological polar surface area (TPSA) is 55.4 Å². The zero-order valence-electron chi connectivity index (χ0n) is 8.66. The third kappa shape index (κ3) is 4.49. The monoisotopic (exact) mass is 217 g/mol. The van der Waals surface area contributed by atoms with Crippen LogP contribution < -0.4 is 5.09 Å². The predicted molar refractivity (Wildman–Crippen MR) is 57.7 cm³/mol. The first-order chi connectivity index (χ1) is 6.52. The van der Waals surface area contributed by atoms with Crippen molar-refractivity contribution in [2.45, 2.75) is 26.8 Å². The van der Waals surface area contributed by atoms with E-state index < -0.39 is 5.97 Å². The average molecular weight is 217 g/mol. The van der Waals surface area contributed by atoms with Gasteiger partial charge in [-0.05, 0) is 26.8 Å². The van der Waals surface area contributed by atoms with Crippen molar-refractivity contribution in [3.63, 3.8) is 0 Å². The third-order valence-electron chi connectivity index (χ3n) is 1.63. The molecule has 0 aromatic carbocycles. The van der Waals surface area contributed by atoms with Crippen molar-refractivity contribution in [2.24, 2.45) is 0 Å². The van der Waals surface area contributed by atoms with E-state index in [1.165, 1.54) is 6.08 Å². The number of esters is 1. The summed E-state index contributed by atoms with van der Waals surface area (Å²) >= 11 is 0. The summed E-state index contributed by atoms with van der Waals surface area (Å²) in [5.74, 6) is -0.595. The minimum absolute atomic E-state index is 0.148. The van der Waals surface area contributed by atoms with E-state index in [2.05, 4.69) is 14.5 Å². The molecular formula is C9H16NO3P. The molecule has 0 aliphatic rings. The number of rotatable bonds is 5. The van der Waals surface area contributed by atoms with Gasteiger partial charge in [0.2, 0.25) is 0 Å². The molecule has 0 aromatic rings. The molecule has 1 unspecified atom stereocenters. The smallest absolute Gasteiger partial charge is 0.333 e. The molecule has 0 radical (unpaired) electrons. The highest BCUT2D eigenvalue weighted by atomic mass is 31.0. The van der Waals surface area contributed by atoms with Crippen LogP contribution in [0.1, 0.15) is 20.8 Å². The Morgan fingerprint density at radius 3 is 2.57 bits per heavy atom. The van der Waals surface area contributed by atoms with Crippen LogP contribution in [0.25, 0.3) is 0 Å². The second-order valence-electron chi connectivity index (χ2n) is 2.84. The van der Waals surface area contributed by atoms with Crippen molar-refractivity contribution in [1.82, 2.24) is 5.09 Å². The second-order valence-corrected chi connectivity index (χ2v) is 3.17. The van der Waals surface area contributed by atoms with E-state index in [1.807, 2.05) is 0 Å². The molecule has 14 heavy (non-hydrogen) atoms. The van der Waals surface area contributed by atoms with Gasteiger partial charge in [-0.25, -0.2) is 4.79 Å². The normalized spacial score (nSPS) is 13.6. The van der Waals surface area contributed by atoms with Crippen LogP contribution in [0.15, 0.2) is 11.6 Å². The first kappa shape index (κ1) is 13.3. The molecule has 0 saturated carbocycles. The molecule has 0 aromatic heterocycles. The van der Waals surface area contributed by atoms with Crippen LogP contribution in [0.3, 0.4) is 0 Å². The van der Waals surface area contributed by atoms with E-state index in [9.17, 15) is 9.59 Å². The molecule has 0 aliphatic heterocycles. The van der Waals surface area contributed by atoms with E-state index in [1.54, 1.807) is 20.8 Å². The van der Waals surface area contributed by atoms with Gasteiger partial charge in [0.15, 0.2) is 5.78 Å². The van der Waals surface area contributed by atoms with Gasteiger partial charge in [0.1, 0.15) is 0 Å². The van der Waals surface area contributed by atoms with Gasteiger partial charge in [-0.3, -0.25) is 9.88 Å². The first-order valence-corrected chi connectivity index (χ1v) is 4.96. The van der Waals surface area contributed by atoms with Crippen molar-refractivity contribution in [3.8, 4) is 0 Å². The van der Waals surface area contributed by atoms with Crippen LogP contribution in [0, 0.1) is 0 Å². The van der Waals surface area contributed by atoms with Gasteiger partial charge in [-0.1, -0.05) is 9.39 Å². The Bertz CT molecular complexity index is 250. The van der Waals surface area contributed by atoms with E-state index >= 15 is 0 Å². The number of hydrogen-bond donors (Lipinski definition) is 1. The molecule has 80 valence electrons. The van der Waals surface area contributed by atoms with Gasteiger partial charge in [0.25, 0.3) is 0 Å². The zero-order valence-corrected chi connectivity index (χ0v) is 9.82. The van der Waals surface area contributed by atoms with Crippen LogP contribution in [-0.4, -0.2) is 24.4 Å². The number of ether oxygens (including phenoxy) is 1. The largest absolute Gasteiger partial charge is 0.463 e. The summed E-state index contributed by atoms with van der Waals surface area (Å²) in [5, 5.41) is 2.71. The maximum Gasteiger partial charge on any atom is 0.333 e. The molecular weight excluding hydrogens is 201 g/mol. The van der Waals surface area contributed by atoms with Crippen LogP contribution in [0.5, 0.6) is 0 Å². The summed E-state index contributed by atoms with van der Waals surface area (Å²) in [6.07, 6.45) is 1.29. The Labute approximate surface area is 86.3 Å². The van der Waals surface area contributed by atoms with Crippen molar-refractivity contribution in [2.75, 3.05) is 6.61 Å². The quantitative estimate of drug-likeness (QED) is 0.421. The summed E-state index contributed by atoms with van der Waals surface area (Å²) in [6.45, 7) is 5.31. The summed E-state index contributed by atoms with van der Waals surface area (Å²) in [5.41, 5.74) is 0.323. The summed E-state index contributed by atoms with van der Waals surface area (Å²) in [7, 11) is 2.25.